The van der Waals surface area contributed by atoms with Crippen LogP contribution in [0.3, 0.4) is 0 Å². The highest BCUT2D eigenvalue weighted by Gasteiger charge is 2.30. The molecule has 1 aromatic rings. The van der Waals surface area contributed by atoms with Gasteiger partial charge in [-0.1, -0.05) is 37.3 Å². The predicted octanol–water partition coefficient (Wildman–Crippen LogP) is 3.77. The van der Waals surface area contributed by atoms with Crippen molar-refractivity contribution in [3.05, 3.63) is 48.0 Å². The highest BCUT2D eigenvalue weighted by Crippen LogP contribution is 2.32. The van der Waals surface area contributed by atoms with Gasteiger partial charge in [0.2, 0.25) is 0 Å². The van der Waals surface area contributed by atoms with Gasteiger partial charge < -0.3 is 14.6 Å². The summed E-state index contributed by atoms with van der Waals surface area (Å²) in [5, 5.41) is 9.59. The van der Waals surface area contributed by atoms with Gasteiger partial charge in [0.15, 0.2) is 6.29 Å². The molecule has 1 heterocycles. The molecule has 0 radical (unpaired) electrons. The molecule has 3 nitrogen and oxygen atoms in total. The normalized spacial score (nSPS) is 27.3. The Balaban J connectivity index is 2.07. The molecule has 116 valence electrons. The lowest BCUT2D eigenvalue weighted by atomic mass is 10.0. The Kier molecular flexibility index (Phi) is 5.97. The van der Waals surface area contributed by atoms with E-state index in [0.717, 1.165) is 24.8 Å². The Morgan fingerprint density at radius 2 is 1.95 bits per heavy atom. The lowest BCUT2D eigenvalue weighted by molar-refractivity contribution is -0.252. The highest BCUT2D eigenvalue weighted by molar-refractivity contribution is 5.25. The first kappa shape index (κ1) is 16.2. The van der Waals surface area contributed by atoms with Gasteiger partial charge in [0.1, 0.15) is 0 Å². The third-order valence-electron chi connectivity index (χ3n) is 3.85. The minimum Gasteiger partial charge on any atom is -0.393 e. The molecule has 2 rings (SSSR count). The van der Waals surface area contributed by atoms with Crippen LogP contribution in [0.5, 0.6) is 0 Å². The second-order valence-corrected chi connectivity index (χ2v) is 5.81. The molecule has 3 heteroatoms. The van der Waals surface area contributed by atoms with Crippen molar-refractivity contribution in [2.75, 3.05) is 0 Å². The van der Waals surface area contributed by atoms with Gasteiger partial charge in [-0.2, -0.15) is 0 Å². The van der Waals surface area contributed by atoms with Crippen LogP contribution in [0.1, 0.15) is 50.5 Å². The number of allylic oxidation sites excluding steroid dienone is 1. The maximum atomic E-state index is 9.59. The third-order valence-corrected chi connectivity index (χ3v) is 3.85. The van der Waals surface area contributed by atoms with Crippen LogP contribution in [0.2, 0.25) is 0 Å². The number of aliphatic hydroxyl groups is 1. The van der Waals surface area contributed by atoms with Gasteiger partial charge in [0, 0.05) is 12.0 Å². The van der Waals surface area contributed by atoms with Gasteiger partial charge >= 0.3 is 0 Å². The van der Waals surface area contributed by atoms with Gasteiger partial charge in [0.25, 0.3) is 0 Å². The fourth-order valence-electron chi connectivity index (χ4n) is 2.72. The maximum absolute atomic E-state index is 9.59. The quantitative estimate of drug-likeness (QED) is 0.811. The summed E-state index contributed by atoms with van der Waals surface area (Å²) in [6.45, 7) is 7.68. The summed E-state index contributed by atoms with van der Waals surface area (Å²) in [4.78, 5) is 0. The summed E-state index contributed by atoms with van der Waals surface area (Å²) in [5.74, 6) is 0. The summed E-state index contributed by atoms with van der Waals surface area (Å²) < 4.78 is 12.0. The van der Waals surface area contributed by atoms with Crippen molar-refractivity contribution in [2.24, 2.45) is 0 Å². The number of aliphatic hydroxyl groups excluding tert-OH is 1. The van der Waals surface area contributed by atoms with E-state index in [0.29, 0.717) is 6.42 Å². The van der Waals surface area contributed by atoms with Gasteiger partial charge in [0.05, 0.1) is 18.3 Å². The minimum atomic E-state index is -0.346. The van der Waals surface area contributed by atoms with E-state index in [2.05, 4.69) is 37.8 Å². The second-order valence-electron chi connectivity index (χ2n) is 5.81. The van der Waals surface area contributed by atoms with Gasteiger partial charge in [-0.25, -0.2) is 0 Å². The lowest BCUT2D eigenvalue weighted by Gasteiger charge is -2.36. The molecule has 0 bridgehead atoms. The zero-order valence-electron chi connectivity index (χ0n) is 13.0. The van der Waals surface area contributed by atoms with E-state index in [1.165, 1.54) is 5.56 Å². The largest absolute Gasteiger partial charge is 0.393 e. The molecule has 4 unspecified atom stereocenters. The Morgan fingerprint density at radius 1 is 1.29 bits per heavy atom. The minimum absolute atomic E-state index is 0.0570. The van der Waals surface area contributed by atoms with Crippen LogP contribution < -0.4 is 0 Å². The lowest BCUT2D eigenvalue weighted by Crippen LogP contribution is -2.35. The smallest absolute Gasteiger partial charge is 0.184 e. The number of hydrogen-bond acceptors (Lipinski definition) is 3. The molecule has 21 heavy (non-hydrogen) atoms. The number of hydrogen-bond donors (Lipinski definition) is 1. The van der Waals surface area contributed by atoms with Crippen LogP contribution in [-0.4, -0.2) is 23.4 Å². The molecular weight excluding hydrogens is 264 g/mol. The van der Waals surface area contributed by atoms with Crippen LogP contribution in [-0.2, 0) is 15.9 Å². The standard InChI is InChI=1S/C18H26O3/c1-4-6-14-7-9-15(10-8-14)18-20-16(5-2)12-17(21-18)11-13(3)19/h4,7-10,13,16-19H,1,5-6,11-12H2,2-3H3. The van der Waals surface area contributed by atoms with E-state index >= 15 is 0 Å². The topological polar surface area (TPSA) is 38.7 Å². The SMILES string of the molecule is C=CCc1ccc(C2OC(CC)CC(CC(C)O)O2)cc1. The Hall–Kier alpha value is -1.16. The van der Waals surface area contributed by atoms with E-state index in [1.54, 1.807) is 6.92 Å². The first-order valence-corrected chi connectivity index (χ1v) is 7.81. The zero-order chi connectivity index (χ0) is 15.2. The Bertz CT molecular complexity index is 438. The van der Waals surface area contributed by atoms with Crippen LogP contribution in [0.4, 0.5) is 0 Å². The second kappa shape index (κ2) is 7.74. The fraction of sp³-hybridized carbons (Fsp3) is 0.556. The summed E-state index contributed by atoms with van der Waals surface area (Å²) in [6.07, 6.45) is 4.82. The molecule has 1 aromatic carbocycles. The first-order chi connectivity index (χ1) is 10.1. The van der Waals surface area contributed by atoms with Crippen molar-refractivity contribution >= 4 is 0 Å². The zero-order valence-corrected chi connectivity index (χ0v) is 13.0. The van der Waals surface area contributed by atoms with Crippen LogP contribution in [0.15, 0.2) is 36.9 Å². The molecule has 0 amide bonds. The third kappa shape index (κ3) is 4.67. The van der Waals surface area contributed by atoms with Crippen molar-refractivity contribution in [3.63, 3.8) is 0 Å². The van der Waals surface area contributed by atoms with Gasteiger partial charge in [-0.05, 0) is 31.7 Å². The molecule has 1 N–H and O–H groups in total. The number of benzene rings is 1. The van der Waals surface area contributed by atoms with Crippen molar-refractivity contribution in [2.45, 2.75) is 64.1 Å². The average molecular weight is 290 g/mol. The van der Waals surface area contributed by atoms with Crippen LogP contribution in [0.25, 0.3) is 0 Å². The maximum Gasteiger partial charge on any atom is 0.184 e. The molecular formula is C18H26O3. The summed E-state index contributed by atoms with van der Waals surface area (Å²) in [5.41, 5.74) is 2.27. The number of rotatable bonds is 6. The number of ether oxygens (including phenoxy) is 2. The predicted molar refractivity (Wildman–Crippen MR) is 84.0 cm³/mol. The van der Waals surface area contributed by atoms with Crippen molar-refractivity contribution < 1.29 is 14.6 Å². The fourth-order valence-corrected chi connectivity index (χ4v) is 2.72. The van der Waals surface area contributed by atoms with E-state index < -0.39 is 0 Å². The monoisotopic (exact) mass is 290 g/mol. The molecule has 1 aliphatic rings. The average Bonchev–Trinajstić information content (AvgIpc) is 2.47. The van der Waals surface area contributed by atoms with Gasteiger partial charge in [-0.3, -0.25) is 0 Å². The Labute approximate surface area is 127 Å². The van der Waals surface area contributed by atoms with Crippen LogP contribution >= 0.6 is 0 Å². The van der Waals surface area contributed by atoms with Crippen molar-refractivity contribution in [1.82, 2.24) is 0 Å². The highest BCUT2D eigenvalue weighted by atomic mass is 16.7. The van der Waals surface area contributed by atoms with E-state index in [-0.39, 0.29) is 24.6 Å². The molecule has 0 saturated carbocycles. The molecule has 4 atom stereocenters. The molecule has 0 aromatic heterocycles. The Morgan fingerprint density at radius 3 is 2.52 bits per heavy atom. The molecule has 0 aliphatic carbocycles. The van der Waals surface area contributed by atoms with E-state index in [4.69, 9.17) is 9.47 Å². The summed E-state index contributed by atoms with van der Waals surface area (Å²) in [6, 6.07) is 8.29. The van der Waals surface area contributed by atoms with Gasteiger partial charge in [-0.15, -0.1) is 6.58 Å². The first-order valence-electron chi connectivity index (χ1n) is 7.81. The van der Waals surface area contributed by atoms with E-state index in [1.807, 2.05) is 6.08 Å². The van der Waals surface area contributed by atoms with E-state index in [9.17, 15) is 5.11 Å². The molecule has 1 aliphatic heterocycles. The summed E-state index contributed by atoms with van der Waals surface area (Å²) in [7, 11) is 0. The molecule has 0 spiro atoms. The van der Waals surface area contributed by atoms with Crippen LogP contribution in [0, 0.1) is 0 Å². The van der Waals surface area contributed by atoms with Crippen molar-refractivity contribution in [3.8, 4) is 0 Å². The summed E-state index contributed by atoms with van der Waals surface area (Å²) >= 11 is 0. The van der Waals surface area contributed by atoms with Crippen molar-refractivity contribution in [1.29, 1.82) is 0 Å². The molecule has 1 fully saturated rings. The molecule has 1 saturated heterocycles.